The van der Waals surface area contributed by atoms with Gasteiger partial charge in [0.25, 0.3) is 0 Å². The van der Waals surface area contributed by atoms with E-state index in [2.05, 4.69) is 30.7 Å². The summed E-state index contributed by atoms with van der Waals surface area (Å²) in [5.74, 6) is 0.575. The molecule has 0 aromatic heterocycles. The molecule has 0 radical (unpaired) electrons. The van der Waals surface area contributed by atoms with Gasteiger partial charge < -0.3 is 10.5 Å². The minimum absolute atomic E-state index is 0.0592. The van der Waals surface area contributed by atoms with E-state index < -0.39 is 0 Å². The Hall–Kier alpha value is -0.160. The highest BCUT2D eigenvalue weighted by Gasteiger charge is 2.67. The molecule has 5 unspecified atom stereocenters. The van der Waals surface area contributed by atoms with E-state index in [1.807, 2.05) is 0 Å². The molecule has 0 spiro atoms. The number of likely N-dealkylation sites (N-methyl/N-ethyl adjacent to an activating group) is 1. The SMILES string of the molecule is CN1C2CCC1CN(CC1(N)C3CCOC3C1(C)C)CC2. The maximum atomic E-state index is 6.95. The van der Waals surface area contributed by atoms with Crippen molar-refractivity contribution in [3.63, 3.8) is 0 Å². The summed E-state index contributed by atoms with van der Waals surface area (Å²) in [7, 11) is 2.32. The van der Waals surface area contributed by atoms with Crippen molar-refractivity contribution >= 4 is 0 Å². The Bertz CT molecular complexity index is 426. The predicted molar refractivity (Wildman–Crippen MR) is 84.2 cm³/mol. The van der Waals surface area contributed by atoms with Crippen LogP contribution < -0.4 is 5.73 Å². The van der Waals surface area contributed by atoms with Gasteiger partial charge in [-0.2, -0.15) is 0 Å². The highest BCUT2D eigenvalue weighted by Crippen LogP contribution is 2.58. The summed E-state index contributed by atoms with van der Waals surface area (Å²) in [5.41, 5.74) is 7.00. The maximum Gasteiger partial charge on any atom is 0.0691 e. The van der Waals surface area contributed by atoms with Crippen LogP contribution in [0.2, 0.25) is 0 Å². The largest absolute Gasteiger partial charge is 0.377 e. The van der Waals surface area contributed by atoms with Crippen LogP contribution in [0, 0.1) is 11.3 Å². The highest BCUT2D eigenvalue weighted by molar-refractivity contribution is 5.21. The summed E-state index contributed by atoms with van der Waals surface area (Å²) < 4.78 is 5.94. The van der Waals surface area contributed by atoms with Gasteiger partial charge in [0, 0.05) is 48.7 Å². The number of fused-ring (bicyclic) bond motifs is 3. The fourth-order valence-electron chi connectivity index (χ4n) is 5.69. The van der Waals surface area contributed by atoms with Gasteiger partial charge in [0.1, 0.15) is 0 Å². The Labute approximate surface area is 129 Å². The molecule has 3 heterocycles. The van der Waals surface area contributed by atoms with Crippen molar-refractivity contribution in [1.29, 1.82) is 0 Å². The van der Waals surface area contributed by atoms with Crippen LogP contribution in [0.15, 0.2) is 0 Å². The van der Waals surface area contributed by atoms with Crippen molar-refractivity contribution < 1.29 is 4.74 Å². The van der Waals surface area contributed by atoms with Gasteiger partial charge in [-0.15, -0.1) is 0 Å². The molecule has 4 heteroatoms. The first kappa shape index (κ1) is 14.4. The number of hydrogen-bond acceptors (Lipinski definition) is 4. The van der Waals surface area contributed by atoms with Gasteiger partial charge in [-0.3, -0.25) is 9.80 Å². The van der Waals surface area contributed by atoms with Crippen molar-refractivity contribution in [3.05, 3.63) is 0 Å². The zero-order chi connectivity index (χ0) is 14.8. The summed E-state index contributed by atoms with van der Waals surface area (Å²) in [6.45, 7) is 9.02. The first-order valence-corrected chi connectivity index (χ1v) is 8.78. The standard InChI is InChI=1S/C17H31N3O/c1-16(2)15-14(7-9-21-15)17(16,18)11-20-8-6-12-4-5-13(10-20)19(12)3/h12-15H,4-11,18H2,1-3H3. The van der Waals surface area contributed by atoms with E-state index in [1.165, 1.54) is 32.4 Å². The van der Waals surface area contributed by atoms with Crippen LogP contribution in [0.5, 0.6) is 0 Å². The average molecular weight is 293 g/mol. The van der Waals surface area contributed by atoms with Crippen LogP contribution in [0.4, 0.5) is 0 Å². The van der Waals surface area contributed by atoms with Crippen LogP contribution >= 0.6 is 0 Å². The fourth-order valence-corrected chi connectivity index (χ4v) is 5.69. The number of hydrogen-bond donors (Lipinski definition) is 1. The van der Waals surface area contributed by atoms with Gasteiger partial charge in [0.2, 0.25) is 0 Å². The van der Waals surface area contributed by atoms with Crippen molar-refractivity contribution in [2.45, 2.75) is 63.3 Å². The molecule has 3 saturated heterocycles. The van der Waals surface area contributed by atoms with Crippen molar-refractivity contribution in [1.82, 2.24) is 9.80 Å². The Morgan fingerprint density at radius 3 is 2.71 bits per heavy atom. The number of ether oxygens (including phenoxy) is 1. The Balaban J connectivity index is 1.48. The molecule has 21 heavy (non-hydrogen) atoms. The number of rotatable bonds is 2. The van der Waals surface area contributed by atoms with E-state index in [-0.39, 0.29) is 11.0 Å². The lowest BCUT2D eigenvalue weighted by molar-refractivity contribution is -0.163. The second kappa shape index (κ2) is 4.67. The quantitative estimate of drug-likeness (QED) is 0.833. The third-order valence-electron chi connectivity index (χ3n) is 7.38. The second-order valence-corrected chi connectivity index (χ2v) is 8.52. The predicted octanol–water partition coefficient (Wildman–Crippen LogP) is 1.30. The summed E-state index contributed by atoms with van der Waals surface area (Å²) in [5, 5.41) is 0. The zero-order valence-corrected chi connectivity index (χ0v) is 13.8. The summed E-state index contributed by atoms with van der Waals surface area (Å²) in [6.07, 6.45) is 5.63. The van der Waals surface area contributed by atoms with Gasteiger partial charge in [-0.25, -0.2) is 0 Å². The van der Waals surface area contributed by atoms with Crippen LogP contribution in [0.1, 0.15) is 39.5 Å². The van der Waals surface area contributed by atoms with E-state index in [9.17, 15) is 0 Å². The van der Waals surface area contributed by atoms with E-state index in [4.69, 9.17) is 10.5 Å². The monoisotopic (exact) mass is 293 g/mol. The van der Waals surface area contributed by atoms with Gasteiger partial charge in [0.15, 0.2) is 0 Å². The fraction of sp³-hybridized carbons (Fsp3) is 1.00. The average Bonchev–Trinajstić information content (AvgIpc) is 2.98. The molecule has 5 atom stereocenters. The first-order valence-electron chi connectivity index (χ1n) is 8.78. The maximum absolute atomic E-state index is 6.95. The van der Waals surface area contributed by atoms with Gasteiger partial charge in [0.05, 0.1) is 6.10 Å². The van der Waals surface area contributed by atoms with E-state index >= 15 is 0 Å². The molecular formula is C17H31N3O. The first-order chi connectivity index (χ1) is 9.93. The third-order valence-corrected chi connectivity index (χ3v) is 7.38. The molecule has 2 N–H and O–H groups in total. The smallest absolute Gasteiger partial charge is 0.0691 e. The Morgan fingerprint density at radius 2 is 1.90 bits per heavy atom. The minimum Gasteiger partial charge on any atom is -0.377 e. The van der Waals surface area contributed by atoms with Crippen molar-refractivity contribution in [3.8, 4) is 0 Å². The molecular weight excluding hydrogens is 262 g/mol. The molecule has 0 aromatic carbocycles. The summed E-state index contributed by atoms with van der Waals surface area (Å²) >= 11 is 0. The van der Waals surface area contributed by atoms with Gasteiger partial charge in [-0.1, -0.05) is 13.8 Å². The summed E-state index contributed by atoms with van der Waals surface area (Å²) in [4.78, 5) is 5.28. The normalized spacial score (nSPS) is 49.7. The molecule has 4 rings (SSSR count). The molecule has 3 aliphatic heterocycles. The molecule has 0 amide bonds. The minimum atomic E-state index is -0.0592. The number of nitrogens with two attached hydrogens (primary N) is 1. The lowest BCUT2D eigenvalue weighted by Gasteiger charge is -2.63. The molecule has 0 aromatic rings. The molecule has 4 aliphatic rings. The lowest BCUT2D eigenvalue weighted by Crippen LogP contribution is -2.78. The third kappa shape index (κ3) is 1.89. The molecule has 120 valence electrons. The van der Waals surface area contributed by atoms with E-state index in [0.29, 0.717) is 12.0 Å². The van der Waals surface area contributed by atoms with E-state index in [1.54, 1.807) is 0 Å². The van der Waals surface area contributed by atoms with Crippen LogP contribution in [0.3, 0.4) is 0 Å². The number of nitrogens with zero attached hydrogens (tertiary/aromatic N) is 2. The van der Waals surface area contributed by atoms with Gasteiger partial charge >= 0.3 is 0 Å². The molecule has 4 fully saturated rings. The zero-order valence-electron chi connectivity index (χ0n) is 13.8. The van der Waals surface area contributed by atoms with Crippen molar-refractivity contribution in [2.24, 2.45) is 17.1 Å². The summed E-state index contributed by atoms with van der Waals surface area (Å²) in [6, 6.07) is 1.56. The van der Waals surface area contributed by atoms with Gasteiger partial charge in [-0.05, 0) is 39.3 Å². The molecule has 4 nitrogen and oxygen atoms in total. The van der Waals surface area contributed by atoms with Crippen molar-refractivity contribution in [2.75, 3.05) is 33.3 Å². The van der Waals surface area contributed by atoms with Crippen LogP contribution in [0.25, 0.3) is 0 Å². The molecule has 1 saturated carbocycles. The lowest BCUT2D eigenvalue weighted by atomic mass is 9.48. The Morgan fingerprint density at radius 1 is 1.14 bits per heavy atom. The van der Waals surface area contributed by atoms with E-state index in [0.717, 1.165) is 31.7 Å². The second-order valence-electron chi connectivity index (χ2n) is 8.52. The van der Waals surface area contributed by atoms with Crippen LogP contribution in [-0.2, 0) is 4.74 Å². The molecule has 1 aliphatic carbocycles. The Kier molecular flexibility index (Phi) is 3.21. The van der Waals surface area contributed by atoms with Crippen LogP contribution in [-0.4, -0.2) is 66.8 Å². The number of likely N-dealkylation sites (tertiary alicyclic amines) is 1. The molecule has 2 bridgehead atoms. The topological polar surface area (TPSA) is 41.7 Å². The highest BCUT2D eigenvalue weighted by atomic mass is 16.5.